The molecule has 0 aromatic heterocycles. The number of ether oxygens (including phenoxy) is 6. The topological polar surface area (TPSA) is 243 Å². The van der Waals surface area contributed by atoms with Crippen molar-refractivity contribution in [2.24, 2.45) is 0 Å². The number of nitrogens with one attached hydrogen (secondary N) is 6. The summed E-state index contributed by atoms with van der Waals surface area (Å²) in [4.78, 5) is 45.8. The van der Waals surface area contributed by atoms with Gasteiger partial charge >= 0.3 is 17.9 Å². The van der Waals surface area contributed by atoms with E-state index < -0.39 is 41.4 Å². The van der Waals surface area contributed by atoms with Crippen LogP contribution in [-0.4, -0.2) is 100 Å². The molecule has 38 heavy (non-hydrogen) atoms. The molecule has 0 saturated carbocycles. The fourth-order valence-corrected chi connectivity index (χ4v) is 2.01. The third-order valence-electron chi connectivity index (χ3n) is 3.81. The molecular formula is C22H32N6O10. The Morgan fingerprint density at radius 1 is 0.605 bits per heavy atom. The van der Waals surface area contributed by atoms with Crippen molar-refractivity contribution in [1.29, 1.82) is 21.6 Å². The summed E-state index contributed by atoms with van der Waals surface area (Å²) in [5.74, 6) is -5.46. The van der Waals surface area contributed by atoms with Gasteiger partial charge in [-0.1, -0.05) is 13.2 Å². The zero-order chi connectivity index (χ0) is 28.8. The monoisotopic (exact) mass is 540 g/mol. The van der Waals surface area contributed by atoms with E-state index in [9.17, 15) is 19.2 Å². The van der Waals surface area contributed by atoms with Gasteiger partial charge in [0.15, 0.2) is 5.84 Å². The maximum Gasteiger partial charge on any atom is 0.393 e. The van der Waals surface area contributed by atoms with E-state index in [-0.39, 0.29) is 71.5 Å². The van der Waals surface area contributed by atoms with Crippen LogP contribution in [0.3, 0.4) is 0 Å². The Kier molecular flexibility index (Phi) is 17.9. The van der Waals surface area contributed by atoms with Crippen molar-refractivity contribution >= 4 is 47.3 Å². The summed E-state index contributed by atoms with van der Waals surface area (Å²) in [5, 5.41) is 34.7. The average molecular weight is 541 g/mol. The van der Waals surface area contributed by atoms with E-state index in [4.69, 9.17) is 45.3 Å². The fraction of sp³-hybridized carbons (Fsp3) is 0.455. The van der Waals surface area contributed by atoms with Crippen LogP contribution in [0.25, 0.3) is 0 Å². The van der Waals surface area contributed by atoms with Crippen LogP contribution in [0.5, 0.6) is 0 Å². The molecule has 0 radical (unpaired) electrons. The van der Waals surface area contributed by atoms with Gasteiger partial charge in [-0.2, -0.15) is 0 Å². The molecule has 0 aromatic rings. The number of carbonyl (C=O) groups excluding carboxylic acids is 4. The number of rotatable bonds is 16. The smallest absolute Gasteiger partial charge is 0.393 e. The highest BCUT2D eigenvalue weighted by molar-refractivity contribution is 6.36. The van der Waals surface area contributed by atoms with Crippen LogP contribution in [0, 0.1) is 21.6 Å². The van der Waals surface area contributed by atoms with Crippen molar-refractivity contribution in [1.82, 2.24) is 10.6 Å². The van der Waals surface area contributed by atoms with Crippen molar-refractivity contribution in [2.75, 3.05) is 52.7 Å². The first-order valence-electron chi connectivity index (χ1n) is 11.1. The number of hydrogen-bond acceptors (Lipinski definition) is 14. The predicted octanol–water partition coefficient (Wildman–Crippen LogP) is -0.567. The lowest BCUT2D eigenvalue weighted by Gasteiger charge is -2.10. The van der Waals surface area contributed by atoms with Gasteiger partial charge in [-0.05, 0) is 18.9 Å². The molecule has 0 unspecified atom stereocenters. The van der Waals surface area contributed by atoms with Crippen LogP contribution in [0.2, 0.25) is 0 Å². The van der Waals surface area contributed by atoms with E-state index in [1.165, 1.54) is 6.08 Å². The van der Waals surface area contributed by atoms with Gasteiger partial charge in [0, 0.05) is 19.2 Å². The van der Waals surface area contributed by atoms with E-state index in [0.717, 1.165) is 6.08 Å². The molecule has 16 nitrogen and oxygen atoms in total. The average Bonchev–Trinajstić information content (AvgIpc) is 2.91. The molecule has 0 aromatic carbocycles. The maximum absolute atomic E-state index is 11.9. The lowest BCUT2D eigenvalue weighted by atomic mass is 10.4. The Balaban J connectivity index is 3.82. The summed E-state index contributed by atoms with van der Waals surface area (Å²) in [6.07, 6.45) is 2.62. The summed E-state index contributed by atoms with van der Waals surface area (Å²) < 4.78 is 28.7. The minimum absolute atomic E-state index is 0.0441. The fourth-order valence-electron chi connectivity index (χ4n) is 2.01. The first-order chi connectivity index (χ1) is 18.1. The number of amides is 1. The molecule has 210 valence electrons. The Bertz CT molecular complexity index is 833. The quantitative estimate of drug-likeness (QED) is 0.0361. The summed E-state index contributed by atoms with van der Waals surface area (Å²) in [6.45, 7) is 6.00. The number of hydrogen-bond donors (Lipinski definition) is 6. The SMILES string of the molecule is C=CC(=N)OCCOC(=O)C(=N)OCCCNC(=N)C(=O)NCCCOC(=O)C(=N)OCCOC(=O)C=C. The Morgan fingerprint density at radius 2 is 1.08 bits per heavy atom. The van der Waals surface area contributed by atoms with Gasteiger partial charge in [0.2, 0.25) is 5.90 Å². The van der Waals surface area contributed by atoms with E-state index in [0.29, 0.717) is 0 Å². The highest BCUT2D eigenvalue weighted by atomic mass is 16.6. The summed E-state index contributed by atoms with van der Waals surface area (Å²) in [5.41, 5.74) is 0. The molecule has 0 aliphatic heterocycles. The molecule has 0 aliphatic carbocycles. The lowest BCUT2D eigenvalue weighted by molar-refractivity contribution is -0.139. The second-order valence-electron chi connectivity index (χ2n) is 6.68. The maximum atomic E-state index is 11.9. The molecule has 0 fully saturated rings. The summed E-state index contributed by atoms with van der Waals surface area (Å²) in [7, 11) is 0. The highest BCUT2D eigenvalue weighted by Crippen LogP contribution is 1.91. The first kappa shape index (κ1) is 33.2. The van der Waals surface area contributed by atoms with Gasteiger partial charge in [0.1, 0.15) is 26.4 Å². The molecule has 0 saturated heterocycles. The van der Waals surface area contributed by atoms with Crippen molar-refractivity contribution < 1.29 is 47.6 Å². The summed E-state index contributed by atoms with van der Waals surface area (Å²) >= 11 is 0. The molecular weight excluding hydrogens is 508 g/mol. The predicted molar refractivity (Wildman–Crippen MR) is 132 cm³/mol. The third-order valence-corrected chi connectivity index (χ3v) is 3.81. The summed E-state index contributed by atoms with van der Waals surface area (Å²) in [6, 6.07) is 0. The Labute approximate surface area is 218 Å². The van der Waals surface area contributed by atoms with E-state index in [2.05, 4.69) is 28.5 Å². The van der Waals surface area contributed by atoms with Crippen LogP contribution in [0.15, 0.2) is 25.3 Å². The van der Waals surface area contributed by atoms with E-state index in [1.807, 2.05) is 0 Å². The lowest BCUT2D eigenvalue weighted by Crippen LogP contribution is -2.40. The normalized spacial score (nSPS) is 9.58. The highest BCUT2D eigenvalue weighted by Gasteiger charge is 2.14. The molecule has 0 aliphatic rings. The number of amidine groups is 1. The molecule has 0 bridgehead atoms. The number of esters is 3. The second kappa shape index (κ2) is 20.4. The molecule has 0 heterocycles. The molecule has 0 rings (SSSR count). The molecule has 1 amide bonds. The Morgan fingerprint density at radius 3 is 1.68 bits per heavy atom. The van der Waals surface area contributed by atoms with Gasteiger partial charge in [0.05, 0.1) is 13.2 Å². The standard InChI is InChI=1S/C22H32N6O10/c1-3-15(23)33-11-14-38-22(32)18(25)35-9-5-7-27-17(24)20(30)28-8-6-10-37-21(31)19(26)36-13-12-34-16(29)4-2/h3-4,23,25-26H,1-2,5-14H2,(H2,24,27)(H,28,30). The first-order valence-corrected chi connectivity index (χ1v) is 11.1. The number of carbonyl (C=O) groups is 4. The van der Waals surface area contributed by atoms with Crippen molar-refractivity contribution in [3.8, 4) is 0 Å². The molecule has 6 N–H and O–H groups in total. The van der Waals surface area contributed by atoms with Crippen LogP contribution >= 0.6 is 0 Å². The third kappa shape index (κ3) is 16.8. The molecule has 0 atom stereocenters. The zero-order valence-electron chi connectivity index (χ0n) is 20.7. The van der Waals surface area contributed by atoms with Gasteiger partial charge in [-0.25, -0.2) is 14.4 Å². The largest absolute Gasteiger partial charge is 0.474 e. The second-order valence-corrected chi connectivity index (χ2v) is 6.68. The van der Waals surface area contributed by atoms with Crippen molar-refractivity contribution in [3.05, 3.63) is 25.3 Å². The minimum atomic E-state index is -1.02. The van der Waals surface area contributed by atoms with Crippen molar-refractivity contribution in [2.45, 2.75) is 12.8 Å². The molecule has 16 heteroatoms. The van der Waals surface area contributed by atoms with Crippen LogP contribution in [0.1, 0.15) is 12.8 Å². The van der Waals surface area contributed by atoms with E-state index >= 15 is 0 Å². The minimum Gasteiger partial charge on any atom is -0.474 e. The van der Waals surface area contributed by atoms with Gasteiger partial charge < -0.3 is 39.1 Å². The van der Waals surface area contributed by atoms with E-state index in [1.54, 1.807) is 0 Å². The van der Waals surface area contributed by atoms with Crippen LogP contribution in [-0.2, 0) is 47.6 Å². The van der Waals surface area contributed by atoms with Crippen molar-refractivity contribution in [3.63, 3.8) is 0 Å². The van der Waals surface area contributed by atoms with Gasteiger partial charge in [-0.3, -0.25) is 26.4 Å². The molecule has 0 spiro atoms. The van der Waals surface area contributed by atoms with Gasteiger partial charge in [0.25, 0.3) is 17.7 Å². The van der Waals surface area contributed by atoms with Crippen LogP contribution in [0.4, 0.5) is 0 Å². The van der Waals surface area contributed by atoms with Crippen LogP contribution < -0.4 is 10.6 Å². The Hall–Kier alpha value is -4.76. The van der Waals surface area contributed by atoms with Gasteiger partial charge in [-0.15, -0.1) is 0 Å². The zero-order valence-corrected chi connectivity index (χ0v) is 20.7.